The Labute approximate surface area is 388 Å². The third-order valence-corrected chi connectivity index (χ3v) is 16.9. The number of anilines is 6. The molecule has 2 nitrogen and oxygen atoms in total. The minimum absolute atomic E-state index is 0.136. The summed E-state index contributed by atoms with van der Waals surface area (Å²) in [5, 5.41) is 0. The topological polar surface area (TPSA) is 6.48 Å². The fraction of sp³-hybridized carbons (Fsp3) is 0.186. The summed E-state index contributed by atoms with van der Waals surface area (Å²) >= 11 is 3.94. The highest BCUT2D eigenvalue weighted by molar-refractivity contribution is 8.01. The van der Waals surface area contributed by atoms with Crippen molar-refractivity contribution in [1.29, 1.82) is 0 Å². The van der Waals surface area contributed by atoms with Crippen molar-refractivity contribution in [3.05, 3.63) is 195 Å². The molecule has 3 heterocycles. The zero-order valence-corrected chi connectivity index (χ0v) is 40.2. The van der Waals surface area contributed by atoms with Gasteiger partial charge in [-0.25, -0.2) is 0 Å². The summed E-state index contributed by atoms with van der Waals surface area (Å²) in [7, 11) is 0. The number of hydrogen-bond donors (Lipinski definition) is 0. The van der Waals surface area contributed by atoms with E-state index < -0.39 is 0 Å². The van der Waals surface area contributed by atoms with Crippen molar-refractivity contribution in [2.75, 3.05) is 9.80 Å². The first-order valence-corrected chi connectivity index (χ1v) is 24.2. The van der Waals surface area contributed by atoms with E-state index in [0.717, 1.165) is 0 Å². The zero-order valence-electron chi connectivity index (χ0n) is 38.6. The van der Waals surface area contributed by atoms with Crippen LogP contribution in [-0.4, -0.2) is 6.71 Å². The lowest BCUT2D eigenvalue weighted by molar-refractivity contribution is 0.642. The Balaban J connectivity index is 1.20. The van der Waals surface area contributed by atoms with Gasteiger partial charge in [0.05, 0.1) is 0 Å². The second kappa shape index (κ2) is 15.1. The average molecular weight is 865 g/mol. The quantitative estimate of drug-likeness (QED) is 0.147. The molecule has 0 atom stereocenters. The Morgan fingerprint density at radius 3 is 1.06 bits per heavy atom. The molecule has 0 amide bonds. The van der Waals surface area contributed by atoms with Crippen LogP contribution in [0.4, 0.5) is 34.1 Å². The fourth-order valence-corrected chi connectivity index (χ4v) is 12.9. The molecule has 8 aromatic carbocycles. The van der Waals surface area contributed by atoms with E-state index in [1.165, 1.54) is 137 Å². The van der Waals surface area contributed by atoms with Crippen LogP contribution >= 0.6 is 23.5 Å². The van der Waals surface area contributed by atoms with E-state index >= 15 is 0 Å². The first-order valence-electron chi connectivity index (χ1n) is 22.6. The van der Waals surface area contributed by atoms with E-state index in [1.807, 2.05) is 23.5 Å². The monoisotopic (exact) mass is 864 g/mol. The lowest BCUT2D eigenvalue weighted by atomic mass is 9.31. The molecule has 0 saturated carbocycles. The summed E-state index contributed by atoms with van der Waals surface area (Å²) in [6, 6.07) is 53.8. The Kier molecular flexibility index (Phi) is 9.65. The van der Waals surface area contributed by atoms with E-state index in [2.05, 4.69) is 219 Å². The van der Waals surface area contributed by atoms with E-state index in [1.54, 1.807) is 0 Å². The number of hydrogen-bond acceptors (Lipinski definition) is 4. The van der Waals surface area contributed by atoms with Crippen LogP contribution in [0.1, 0.15) is 69.5 Å². The number of aryl methyl sites for hydroxylation is 8. The summed E-state index contributed by atoms with van der Waals surface area (Å²) in [5.41, 5.74) is 26.9. The second-order valence-electron chi connectivity index (χ2n) is 19.1. The maximum atomic E-state index is 2.55. The van der Waals surface area contributed by atoms with Crippen LogP contribution in [0.25, 0.3) is 11.1 Å². The maximum absolute atomic E-state index is 2.55. The summed E-state index contributed by atoms with van der Waals surface area (Å²) in [4.78, 5) is 10.4. The predicted molar refractivity (Wildman–Crippen MR) is 277 cm³/mol. The molecule has 0 spiro atoms. The van der Waals surface area contributed by atoms with Crippen LogP contribution in [0.3, 0.4) is 0 Å². The van der Waals surface area contributed by atoms with Gasteiger partial charge < -0.3 is 9.80 Å². The van der Waals surface area contributed by atoms with E-state index in [-0.39, 0.29) is 12.1 Å². The molecular formula is C59H53BN2S2. The molecule has 0 saturated heterocycles. The van der Waals surface area contributed by atoms with Crippen molar-refractivity contribution < 1.29 is 0 Å². The molecule has 0 radical (unpaired) electrons. The molecule has 0 N–H and O–H groups in total. The number of rotatable bonds is 7. The molecule has 3 aliphatic rings. The SMILES string of the molecule is Cc1ccc(N(c2ccc(C)c(C)c2)c2cc3c4c(c2)C(C)(C)c2cc(N(c5ccc(C)c(C)c5)c5ccc(C)c(C)c5)cc5c2B4c2c(cc(-c4ccccc4)cc2S5)S3)cc1C. The van der Waals surface area contributed by atoms with Gasteiger partial charge in [-0.2, -0.15) is 0 Å². The molecule has 0 bridgehead atoms. The molecule has 0 aliphatic carbocycles. The van der Waals surface area contributed by atoms with Gasteiger partial charge >= 0.3 is 0 Å². The Morgan fingerprint density at radius 2 is 0.703 bits per heavy atom. The van der Waals surface area contributed by atoms with Crippen LogP contribution in [0, 0.1) is 55.4 Å². The first-order chi connectivity index (χ1) is 30.7. The van der Waals surface area contributed by atoms with Crippen LogP contribution < -0.4 is 26.2 Å². The van der Waals surface area contributed by atoms with E-state index in [9.17, 15) is 0 Å². The van der Waals surface area contributed by atoms with Crippen LogP contribution in [-0.2, 0) is 5.41 Å². The molecule has 3 aliphatic heterocycles. The van der Waals surface area contributed by atoms with Crippen molar-refractivity contribution in [2.45, 2.75) is 94.2 Å². The van der Waals surface area contributed by atoms with Gasteiger partial charge in [0.1, 0.15) is 0 Å². The van der Waals surface area contributed by atoms with Crippen molar-refractivity contribution in [2.24, 2.45) is 0 Å². The summed E-state index contributed by atoms with van der Waals surface area (Å²) in [6.45, 7) is 22.9. The normalized spacial score (nSPS) is 13.8. The van der Waals surface area contributed by atoms with Gasteiger partial charge in [0.15, 0.2) is 0 Å². The zero-order chi connectivity index (χ0) is 44.3. The average Bonchev–Trinajstić information content (AvgIpc) is 3.27. The Morgan fingerprint density at radius 1 is 0.344 bits per heavy atom. The highest BCUT2D eigenvalue weighted by Crippen LogP contribution is 2.51. The van der Waals surface area contributed by atoms with Gasteiger partial charge in [-0.1, -0.05) is 103 Å². The molecule has 64 heavy (non-hydrogen) atoms. The minimum Gasteiger partial charge on any atom is -0.310 e. The van der Waals surface area contributed by atoms with Crippen LogP contribution in [0.2, 0.25) is 0 Å². The van der Waals surface area contributed by atoms with Gasteiger partial charge in [-0.15, -0.1) is 0 Å². The lowest BCUT2D eigenvalue weighted by Gasteiger charge is -2.46. The van der Waals surface area contributed by atoms with Gasteiger partial charge in [0.2, 0.25) is 6.71 Å². The number of benzene rings is 8. The van der Waals surface area contributed by atoms with Gasteiger partial charge in [0, 0.05) is 59.1 Å². The van der Waals surface area contributed by atoms with Crippen LogP contribution in [0.5, 0.6) is 0 Å². The molecule has 0 unspecified atom stereocenters. The summed E-state index contributed by atoms with van der Waals surface area (Å²) < 4.78 is 0. The second-order valence-corrected chi connectivity index (χ2v) is 21.2. The molecule has 8 aromatic rings. The van der Waals surface area contributed by atoms with E-state index in [0.29, 0.717) is 0 Å². The highest BCUT2D eigenvalue weighted by Gasteiger charge is 2.49. The smallest absolute Gasteiger partial charge is 0.247 e. The van der Waals surface area contributed by atoms with Crippen molar-refractivity contribution in [1.82, 2.24) is 0 Å². The molecule has 0 fully saturated rings. The molecular weight excluding hydrogens is 812 g/mol. The predicted octanol–water partition coefficient (Wildman–Crippen LogP) is 14.8. The molecule has 5 heteroatoms. The largest absolute Gasteiger partial charge is 0.310 e. The standard InChI is InChI=1S/C59H53BN2S2/c1-34-16-20-44(24-38(34)5)61(45-21-17-35(2)39(6)25-45)48-30-50-56-54(32-48)63-52-28-43(42-14-12-11-13-15-42)29-53-58(52)60(56)57-51(59(50,9)10)31-49(33-55(57)64-53)62(46-22-18-36(3)40(7)26-46)47-23-19-37(4)41(8)27-47/h11-33H,1-10H3. The van der Waals surface area contributed by atoms with Gasteiger partial charge in [-0.05, 0) is 213 Å². The Hall–Kier alpha value is -5.88. The first kappa shape index (κ1) is 40.9. The van der Waals surface area contributed by atoms with Gasteiger partial charge in [-0.3, -0.25) is 0 Å². The van der Waals surface area contributed by atoms with Crippen molar-refractivity contribution >= 4 is 80.7 Å². The summed E-state index contributed by atoms with van der Waals surface area (Å²) in [6.07, 6.45) is 0. The third kappa shape index (κ3) is 6.49. The maximum Gasteiger partial charge on any atom is 0.247 e. The van der Waals surface area contributed by atoms with E-state index in [4.69, 9.17) is 0 Å². The Bertz CT molecular complexity index is 2960. The lowest BCUT2D eigenvalue weighted by Crippen LogP contribution is -2.65. The van der Waals surface area contributed by atoms with Gasteiger partial charge in [0.25, 0.3) is 0 Å². The minimum atomic E-state index is -0.313. The van der Waals surface area contributed by atoms with Crippen molar-refractivity contribution in [3.63, 3.8) is 0 Å². The number of nitrogens with zero attached hydrogens (tertiary/aromatic N) is 2. The van der Waals surface area contributed by atoms with Crippen molar-refractivity contribution in [3.8, 4) is 11.1 Å². The highest BCUT2D eigenvalue weighted by atomic mass is 32.2. The fourth-order valence-electron chi connectivity index (χ4n) is 10.3. The molecule has 0 aromatic heterocycles. The molecule has 11 rings (SSSR count). The molecule has 314 valence electrons. The van der Waals surface area contributed by atoms with Crippen LogP contribution in [0.15, 0.2) is 159 Å². The summed E-state index contributed by atoms with van der Waals surface area (Å²) in [5.74, 6) is 0. The third-order valence-electron chi connectivity index (χ3n) is 14.6.